The monoisotopic (exact) mass is 594 g/mol. The van der Waals surface area contributed by atoms with Gasteiger partial charge in [-0.15, -0.1) is 5.10 Å². The molecule has 218 valence electrons. The summed E-state index contributed by atoms with van der Waals surface area (Å²) in [5, 5.41) is 15.6. The van der Waals surface area contributed by atoms with E-state index in [1.54, 1.807) is 24.2 Å². The number of rotatable bonds is 6. The molecule has 2 N–H and O–H groups in total. The Bertz CT molecular complexity index is 1490. The summed E-state index contributed by atoms with van der Waals surface area (Å²) in [5.74, 6) is -0.257. The van der Waals surface area contributed by atoms with Gasteiger partial charge in [0.05, 0.1) is 12.8 Å². The molecule has 0 spiro atoms. The summed E-state index contributed by atoms with van der Waals surface area (Å²) in [6.45, 7) is 3.03. The Morgan fingerprint density at radius 1 is 1.22 bits per heavy atom. The molecule has 2 atom stereocenters. The third kappa shape index (κ3) is 7.34. The van der Waals surface area contributed by atoms with Crippen LogP contribution in [-0.2, 0) is 11.3 Å². The van der Waals surface area contributed by atoms with E-state index in [9.17, 15) is 17.6 Å². The van der Waals surface area contributed by atoms with Crippen LogP contribution in [0.5, 0.6) is 5.75 Å². The standard InChI is InChI=1S/C25H26ClFN6O.C2HF3O2/c1-3-16-10-11-33-24(20(12-16)17-4-6-18(27)7-5-17)30-25(31-33)29-19-8-9-21(22(13-19)34-2)32-14-23(26)28-15-32;3-2(4,5)1(6)7/h4-9,13-16,20H,3,10-12H2,1-2H3,(H,29,31);(H,6,7). The van der Waals surface area contributed by atoms with Gasteiger partial charge in [-0.05, 0) is 48.6 Å². The number of hydrogen-bond donors (Lipinski definition) is 2. The van der Waals surface area contributed by atoms with Gasteiger partial charge in [-0.2, -0.15) is 18.2 Å². The largest absolute Gasteiger partial charge is 0.494 e. The molecule has 14 heteroatoms. The predicted octanol–water partition coefficient (Wildman–Crippen LogP) is 6.59. The first-order chi connectivity index (χ1) is 19.5. The number of anilines is 2. The van der Waals surface area contributed by atoms with Gasteiger partial charge in [0, 0.05) is 30.4 Å². The smallest absolute Gasteiger partial charge is 0.490 e. The first kappa shape index (κ1) is 29.8. The number of fused-ring (bicyclic) bond motifs is 1. The van der Waals surface area contributed by atoms with E-state index in [0.29, 0.717) is 22.8 Å². The lowest BCUT2D eigenvalue weighted by atomic mass is 9.86. The van der Waals surface area contributed by atoms with Crippen LogP contribution < -0.4 is 10.1 Å². The van der Waals surface area contributed by atoms with Crippen LogP contribution in [0, 0.1) is 11.7 Å². The fourth-order valence-electron chi connectivity index (χ4n) is 4.57. The van der Waals surface area contributed by atoms with Gasteiger partial charge < -0.3 is 19.7 Å². The molecule has 1 aliphatic heterocycles. The number of aryl methyl sites for hydroxylation is 1. The SMILES string of the molecule is CCC1CCn2nc(Nc3ccc(-n4cnc(Cl)c4)c(OC)c3)nc2C(c2ccc(F)cc2)C1.O=C(O)C(F)(F)F. The minimum absolute atomic E-state index is 0.0685. The molecule has 4 aromatic rings. The van der Waals surface area contributed by atoms with Crippen LogP contribution >= 0.6 is 11.6 Å². The number of alkyl halides is 3. The molecule has 2 unspecified atom stereocenters. The fraction of sp³-hybridized carbons (Fsp3) is 0.333. The average Bonchev–Trinajstić information content (AvgIpc) is 3.50. The Labute approximate surface area is 237 Å². The first-order valence-electron chi connectivity index (χ1n) is 12.6. The average molecular weight is 595 g/mol. The zero-order chi connectivity index (χ0) is 29.7. The van der Waals surface area contributed by atoms with E-state index in [-0.39, 0.29) is 11.7 Å². The van der Waals surface area contributed by atoms with Crippen LogP contribution in [0.2, 0.25) is 5.15 Å². The zero-order valence-corrected chi connectivity index (χ0v) is 22.8. The van der Waals surface area contributed by atoms with Crippen molar-refractivity contribution < 1.29 is 32.2 Å². The van der Waals surface area contributed by atoms with Crippen molar-refractivity contribution in [3.05, 3.63) is 77.3 Å². The molecule has 0 bridgehead atoms. The van der Waals surface area contributed by atoms with Gasteiger partial charge in [-0.3, -0.25) is 0 Å². The van der Waals surface area contributed by atoms with Crippen molar-refractivity contribution in [2.75, 3.05) is 12.4 Å². The number of nitrogens with zero attached hydrogens (tertiary/aromatic N) is 5. The second kappa shape index (κ2) is 12.6. The third-order valence-electron chi connectivity index (χ3n) is 6.69. The van der Waals surface area contributed by atoms with Crippen molar-refractivity contribution >= 4 is 29.2 Å². The van der Waals surface area contributed by atoms with Crippen LogP contribution in [0.1, 0.15) is 43.5 Å². The number of aliphatic carboxylic acids is 1. The van der Waals surface area contributed by atoms with E-state index in [4.69, 9.17) is 36.3 Å². The lowest BCUT2D eigenvalue weighted by molar-refractivity contribution is -0.192. The topological polar surface area (TPSA) is 107 Å². The van der Waals surface area contributed by atoms with Crippen molar-refractivity contribution in [3.63, 3.8) is 0 Å². The van der Waals surface area contributed by atoms with Crippen molar-refractivity contribution in [2.24, 2.45) is 5.92 Å². The highest BCUT2D eigenvalue weighted by Gasteiger charge is 2.38. The van der Waals surface area contributed by atoms with E-state index in [0.717, 1.165) is 48.6 Å². The zero-order valence-electron chi connectivity index (χ0n) is 22.1. The number of carboxylic acid groups (broad SMARTS) is 1. The van der Waals surface area contributed by atoms with E-state index in [1.807, 2.05) is 35.0 Å². The number of methoxy groups -OCH3 is 1. The Morgan fingerprint density at radius 3 is 2.51 bits per heavy atom. The van der Waals surface area contributed by atoms with E-state index in [1.165, 1.54) is 12.1 Å². The summed E-state index contributed by atoms with van der Waals surface area (Å²) < 4.78 is 54.7. The molecule has 5 rings (SSSR count). The fourth-order valence-corrected chi connectivity index (χ4v) is 4.72. The molecular formula is C27H27ClF4N6O3. The first-order valence-corrected chi connectivity index (χ1v) is 13.0. The Morgan fingerprint density at radius 2 is 1.93 bits per heavy atom. The number of carboxylic acids is 1. The van der Waals surface area contributed by atoms with E-state index < -0.39 is 12.1 Å². The third-order valence-corrected chi connectivity index (χ3v) is 6.88. The highest BCUT2D eigenvalue weighted by Crippen LogP contribution is 2.37. The molecule has 1 aliphatic rings. The minimum atomic E-state index is -5.08. The maximum Gasteiger partial charge on any atom is 0.490 e. The summed E-state index contributed by atoms with van der Waals surface area (Å²) in [6.07, 6.45) is 1.39. The summed E-state index contributed by atoms with van der Waals surface area (Å²) in [4.78, 5) is 17.8. The number of halogens is 5. The maximum atomic E-state index is 13.6. The number of imidazole rings is 1. The van der Waals surface area contributed by atoms with Crippen LogP contribution in [0.25, 0.3) is 5.69 Å². The molecule has 2 aromatic carbocycles. The quantitative estimate of drug-likeness (QED) is 0.242. The van der Waals surface area contributed by atoms with E-state index in [2.05, 4.69) is 17.2 Å². The van der Waals surface area contributed by atoms with Gasteiger partial charge in [0.15, 0.2) is 0 Å². The van der Waals surface area contributed by atoms with E-state index >= 15 is 0 Å². The number of ether oxygens (including phenoxy) is 1. The number of nitrogens with one attached hydrogen (secondary N) is 1. The Balaban J connectivity index is 0.000000493. The molecule has 0 amide bonds. The Kier molecular flexibility index (Phi) is 9.16. The minimum Gasteiger partial charge on any atom is -0.494 e. The van der Waals surface area contributed by atoms with Gasteiger partial charge in [0.2, 0.25) is 5.95 Å². The molecule has 41 heavy (non-hydrogen) atoms. The maximum absolute atomic E-state index is 13.6. The van der Waals surface area contributed by atoms with Crippen molar-refractivity contribution in [3.8, 4) is 11.4 Å². The second-order valence-electron chi connectivity index (χ2n) is 9.34. The highest BCUT2D eigenvalue weighted by molar-refractivity contribution is 6.29. The molecule has 0 fully saturated rings. The molecule has 3 heterocycles. The van der Waals surface area contributed by atoms with Gasteiger partial charge in [-0.1, -0.05) is 37.1 Å². The molecule has 0 aliphatic carbocycles. The van der Waals surface area contributed by atoms with Crippen molar-refractivity contribution in [2.45, 2.75) is 44.8 Å². The molecule has 0 radical (unpaired) electrons. The second-order valence-corrected chi connectivity index (χ2v) is 9.72. The molecule has 0 saturated heterocycles. The molecular weight excluding hydrogens is 568 g/mol. The predicted molar refractivity (Wildman–Crippen MR) is 143 cm³/mol. The van der Waals surface area contributed by atoms with Gasteiger partial charge in [0.25, 0.3) is 0 Å². The lowest BCUT2D eigenvalue weighted by Crippen LogP contribution is -2.21. The van der Waals surface area contributed by atoms with Gasteiger partial charge >= 0.3 is 12.1 Å². The molecule has 9 nitrogen and oxygen atoms in total. The van der Waals surface area contributed by atoms with Crippen LogP contribution in [0.3, 0.4) is 0 Å². The number of hydrogen-bond acceptors (Lipinski definition) is 6. The van der Waals surface area contributed by atoms with Crippen LogP contribution in [-0.4, -0.2) is 48.7 Å². The number of aromatic nitrogens is 5. The Hall–Kier alpha value is -4.13. The van der Waals surface area contributed by atoms with Crippen LogP contribution in [0.15, 0.2) is 55.0 Å². The highest BCUT2D eigenvalue weighted by atomic mass is 35.5. The molecule has 2 aromatic heterocycles. The van der Waals surface area contributed by atoms with Crippen LogP contribution in [0.4, 0.5) is 29.2 Å². The number of benzene rings is 2. The van der Waals surface area contributed by atoms with Crippen molar-refractivity contribution in [1.29, 1.82) is 0 Å². The summed E-state index contributed by atoms with van der Waals surface area (Å²) in [6, 6.07) is 12.5. The summed E-state index contributed by atoms with van der Waals surface area (Å²) in [5.41, 5.74) is 2.69. The summed E-state index contributed by atoms with van der Waals surface area (Å²) >= 11 is 5.97. The summed E-state index contributed by atoms with van der Waals surface area (Å²) in [7, 11) is 1.62. The number of carbonyl (C=O) groups is 1. The van der Waals surface area contributed by atoms with Gasteiger partial charge in [-0.25, -0.2) is 18.9 Å². The normalized spacial score (nSPS) is 16.7. The van der Waals surface area contributed by atoms with Crippen molar-refractivity contribution in [1.82, 2.24) is 24.3 Å². The lowest BCUT2D eigenvalue weighted by Gasteiger charge is -2.18. The molecule has 0 saturated carbocycles. The van der Waals surface area contributed by atoms with Gasteiger partial charge in [0.1, 0.15) is 28.9 Å².